The van der Waals surface area contributed by atoms with Gasteiger partial charge < -0.3 is 25.0 Å². The van der Waals surface area contributed by atoms with Gasteiger partial charge in [-0.1, -0.05) is 0 Å². The van der Waals surface area contributed by atoms with Crippen molar-refractivity contribution in [1.29, 1.82) is 0 Å². The quantitative estimate of drug-likeness (QED) is 0.659. The molecule has 1 saturated heterocycles. The van der Waals surface area contributed by atoms with E-state index in [0.29, 0.717) is 22.9 Å². The molecule has 0 radical (unpaired) electrons. The summed E-state index contributed by atoms with van der Waals surface area (Å²) in [7, 11) is 1.45. The van der Waals surface area contributed by atoms with Crippen LogP contribution in [0.1, 0.15) is 30.3 Å². The number of carbonyl (C=O) groups excluding carboxylic acids is 3. The third-order valence-corrected chi connectivity index (χ3v) is 4.42. The first-order valence-corrected chi connectivity index (χ1v) is 9.47. The molecule has 2 N–H and O–H groups in total. The predicted octanol–water partition coefficient (Wildman–Crippen LogP) is 1.84. The number of nitrogens with one attached hydrogen (secondary N) is 2. The Hall–Kier alpha value is -3.69. The molecule has 1 aliphatic heterocycles. The third kappa shape index (κ3) is 5.43. The molecule has 3 rings (SSSR count). The largest absolute Gasteiger partial charge is 0.495 e. The average molecular weight is 413 g/mol. The zero-order valence-corrected chi connectivity index (χ0v) is 16.8. The number of hydrogen-bond acceptors (Lipinski definition) is 8. The highest BCUT2D eigenvalue weighted by Gasteiger charge is 2.17. The highest BCUT2D eigenvalue weighted by Crippen LogP contribution is 2.27. The molecule has 0 bridgehead atoms. The van der Waals surface area contributed by atoms with E-state index in [1.165, 1.54) is 20.1 Å². The van der Waals surface area contributed by atoms with Crippen LogP contribution in [0.15, 0.2) is 30.3 Å². The second-order valence-corrected chi connectivity index (χ2v) is 6.69. The first kappa shape index (κ1) is 21.0. The minimum Gasteiger partial charge on any atom is -0.495 e. The van der Waals surface area contributed by atoms with Crippen molar-refractivity contribution < 1.29 is 23.9 Å². The lowest BCUT2D eigenvalue weighted by Crippen LogP contribution is -2.23. The molecule has 0 saturated carbocycles. The van der Waals surface area contributed by atoms with Gasteiger partial charge in [-0.05, 0) is 43.2 Å². The number of aromatic nitrogens is 2. The van der Waals surface area contributed by atoms with E-state index in [0.717, 1.165) is 25.9 Å². The van der Waals surface area contributed by atoms with Gasteiger partial charge in [-0.2, -0.15) is 0 Å². The number of ether oxygens (including phenoxy) is 2. The normalized spacial score (nSPS) is 12.9. The summed E-state index contributed by atoms with van der Waals surface area (Å²) in [4.78, 5) is 37.6. The molecule has 0 unspecified atom stereocenters. The first-order chi connectivity index (χ1) is 14.5. The van der Waals surface area contributed by atoms with Gasteiger partial charge in [0, 0.05) is 25.7 Å². The molecule has 1 aromatic heterocycles. The highest BCUT2D eigenvalue weighted by molar-refractivity contribution is 5.97. The molecule has 1 fully saturated rings. The van der Waals surface area contributed by atoms with E-state index in [4.69, 9.17) is 9.47 Å². The average Bonchev–Trinajstić information content (AvgIpc) is 3.27. The fraction of sp³-hybridized carbons (Fsp3) is 0.350. The van der Waals surface area contributed by atoms with Crippen LogP contribution in [0.5, 0.6) is 5.75 Å². The number of carbonyl (C=O) groups is 3. The van der Waals surface area contributed by atoms with Gasteiger partial charge in [0.05, 0.1) is 12.8 Å². The molecule has 2 aromatic rings. The number of amides is 2. The molecule has 0 spiro atoms. The van der Waals surface area contributed by atoms with E-state index >= 15 is 0 Å². The van der Waals surface area contributed by atoms with Crippen molar-refractivity contribution in [3.8, 4) is 5.75 Å². The second kappa shape index (κ2) is 9.68. The molecule has 1 aromatic carbocycles. The Morgan fingerprint density at radius 1 is 1.07 bits per heavy atom. The van der Waals surface area contributed by atoms with Crippen molar-refractivity contribution >= 4 is 35.0 Å². The summed E-state index contributed by atoms with van der Waals surface area (Å²) < 4.78 is 10.2. The lowest BCUT2D eigenvalue weighted by molar-refractivity contribution is -0.119. The van der Waals surface area contributed by atoms with Gasteiger partial charge in [0.2, 0.25) is 5.91 Å². The van der Waals surface area contributed by atoms with E-state index in [2.05, 4.69) is 25.7 Å². The monoisotopic (exact) mass is 413 g/mol. The SMILES string of the molecule is COc1ccc(NC(C)=O)cc1NC(=O)COC(=O)c1ccc(N2CCCC2)nn1. The Morgan fingerprint density at radius 2 is 1.83 bits per heavy atom. The maximum atomic E-state index is 12.2. The van der Waals surface area contributed by atoms with E-state index in [9.17, 15) is 14.4 Å². The standard InChI is InChI=1S/C20H23N5O5/c1-13(26)21-14-5-7-17(29-2)16(11-14)22-19(27)12-30-20(28)15-6-8-18(24-23-15)25-9-3-4-10-25/h5-8,11H,3-4,9-10,12H2,1-2H3,(H,21,26)(H,22,27). The van der Waals surface area contributed by atoms with Crippen LogP contribution < -0.4 is 20.3 Å². The zero-order chi connectivity index (χ0) is 21.5. The fourth-order valence-electron chi connectivity index (χ4n) is 3.03. The van der Waals surface area contributed by atoms with Gasteiger partial charge >= 0.3 is 5.97 Å². The van der Waals surface area contributed by atoms with Crippen molar-refractivity contribution in [2.45, 2.75) is 19.8 Å². The number of nitrogens with zero attached hydrogens (tertiary/aromatic N) is 3. The molecule has 2 amide bonds. The molecular formula is C20H23N5O5. The molecule has 158 valence electrons. The highest BCUT2D eigenvalue weighted by atomic mass is 16.5. The van der Waals surface area contributed by atoms with Crippen molar-refractivity contribution in [2.75, 3.05) is 42.3 Å². The van der Waals surface area contributed by atoms with Gasteiger partial charge in [-0.25, -0.2) is 4.79 Å². The lowest BCUT2D eigenvalue weighted by Gasteiger charge is -2.15. The Morgan fingerprint density at radius 3 is 2.47 bits per heavy atom. The van der Waals surface area contributed by atoms with Crippen LogP contribution in [0.3, 0.4) is 0 Å². The second-order valence-electron chi connectivity index (χ2n) is 6.69. The summed E-state index contributed by atoms with van der Waals surface area (Å²) in [5, 5.41) is 13.2. The Bertz CT molecular complexity index is 926. The van der Waals surface area contributed by atoms with Crippen LogP contribution in [0.2, 0.25) is 0 Å². The predicted molar refractivity (Wildman–Crippen MR) is 110 cm³/mol. The van der Waals surface area contributed by atoms with E-state index < -0.39 is 18.5 Å². The van der Waals surface area contributed by atoms with Gasteiger partial charge in [0.25, 0.3) is 5.91 Å². The summed E-state index contributed by atoms with van der Waals surface area (Å²) >= 11 is 0. The van der Waals surface area contributed by atoms with Gasteiger partial charge in [-0.15, -0.1) is 10.2 Å². The topological polar surface area (TPSA) is 123 Å². The Balaban J connectivity index is 1.56. The smallest absolute Gasteiger partial charge is 0.359 e. The maximum Gasteiger partial charge on any atom is 0.359 e. The molecule has 10 nitrogen and oxygen atoms in total. The summed E-state index contributed by atoms with van der Waals surface area (Å²) in [5.41, 5.74) is 0.847. The molecule has 30 heavy (non-hydrogen) atoms. The summed E-state index contributed by atoms with van der Waals surface area (Å²) in [6.45, 7) is 2.71. The zero-order valence-electron chi connectivity index (χ0n) is 16.8. The van der Waals surface area contributed by atoms with Crippen LogP contribution in [0.4, 0.5) is 17.2 Å². The Kier molecular flexibility index (Phi) is 6.79. The summed E-state index contributed by atoms with van der Waals surface area (Å²) in [5.74, 6) is -0.448. The van der Waals surface area contributed by atoms with Crippen molar-refractivity contribution in [2.24, 2.45) is 0 Å². The van der Waals surface area contributed by atoms with E-state index in [1.54, 1.807) is 24.3 Å². The number of methoxy groups -OCH3 is 1. The number of anilines is 3. The molecule has 10 heteroatoms. The molecule has 0 aliphatic carbocycles. The van der Waals surface area contributed by atoms with Crippen LogP contribution in [-0.2, 0) is 14.3 Å². The molecule has 2 heterocycles. The van der Waals surface area contributed by atoms with Crippen molar-refractivity contribution in [3.05, 3.63) is 36.0 Å². The fourth-order valence-corrected chi connectivity index (χ4v) is 3.03. The Labute approximate surface area is 173 Å². The van der Waals surface area contributed by atoms with E-state index in [1.807, 2.05) is 0 Å². The van der Waals surface area contributed by atoms with Gasteiger partial charge in [0.15, 0.2) is 18.1 Å². The van der Waals surface area contributed by atoms with Crippen LogP contribution in [-0.4, -0.2) is 54.8 Å². The van der Waals surface area contributed by atoms with Crippen LogP contribution in [0.25, 0.3) is 0 Å². The van der Waals surface area contributed by atoms with Gasteiger partial charge in [0.1, 0.15) is 5.75 Å². The number of benzene rings is 1. The number of esters is 1. The minimum atomic E-state index is -0.746. The molecule has 1 aliphatic rings. The van der Waals surface area contributed by atoms with Crippen LogP contribution in [0, 0.1) is 0 Å². The molecule has 0 atom stereocenters. The first-order valence-electron chi connectivity index (χ1n) is 9.47. The minimum absolute atomic E-state index is 0.0241. The number of rotatable bonds is 7. The summed E-state index contributed by atoms with van der Waals surface area (Å²) in [6, 6.07) is 8.03. The van der Waals surface area contributed by atoms with Crippen LogP contribution >= 0.6 is 0 Å². The number of hydrogen-bond donors (Lipinski definition) is 2. The van der Waals surface area contributed by atoms with E-state index in [-0.39, 0.29) is 11.6 Å². The van der Waals surface area contributed by atoms with Gasteiger partial charge in [-0.3, -0.25) is 9.59 Å². The lowest BCUT2D eigenvalue weighted by atomic mass is 10.2. The van der Waals surface area contributed by atoms with Crippen molar-refractivity contribution in [1.82, 2.24) is 10.2 Å². The summed E-state index contributed by atoms with van der Waals surface area (Å²) in [6.07, 6.45) is 2.22. The maximum absolute atomic E-state index is 12.2. The molecular weight excluding hydrogens is 390 g/mol. The van der Waals surface area contributed by atoms with Crippen molar-refractivity contribution in [3.63, 3.8) is 0 Å². The third-order valence-electron chi connectivity index (χ3n) is 4.42.